The van der Waals surface area contributed by atoms with Crippen molar-refractivity contribution < 1.29 is 9.13 Å². The zero-order valence-corrected chi connectivity index (χ0v) is 17.1. The van der Waals surface area contributed by atoms with Crippen molar-refractivity contribution in [1.29, 1.82) is 0 Å². The molecule has 162 valence electrons. The Bertz CT molecular complexity index is 1440. The lowest BCUT2D eigenvalue weighted by molar-refractivity contribution is 0.0708. The van der Waals surface area contributed by atoms with Crippen LogP contribution in [0.25, 0.3) is 41.3 Å². The van der Waals surface area contributed by atoms with Gasteiger partial charge in [-0.3, -0.25) is 4.57 Å². The Morgan fingerprint density at radius 2 is 2.00 bits per heavy atom. The summed E-state index contributed by atoms with van der Waals surface area (Å²) in [5.41, 5.74) is 7.63. The molecule has 2 N–H and O–H groups in total. The number of hydrogen-bond acceptors (Lipinski definition) is 8. The Morgan fingerprint density at radius 1 is 1.19 bits per heavy atom. The van der Waals surface area contributed by atoms with E-state index in [1.807, 2.05) is 4.57 Å². The summed E-state index contributed by atoms with van der Waals surface area (Å²) in [5, 5.41) is 0.806. The number of halogens is 1. The Balaban J connectivity index is 1.74. The molecule has 32 heavy (non-hydrogen) atoms. The summed E-state index contributed by atoms with van der Waals surface area (Å²) in [6.45, 7) is 8.41. The second-order valence-corrected chi connectivity index (χ2v) is 7.37. The third-order valence-corrected chi connectivity index (χ3v) is 5.27. The van der Waals surface area contributed by atoms with Gasteiger partial charge in [-0.1, -0.05) is 13.2 Å². The van der Waals surface area contributed by atoms with Crippen molar-refractivity contribution in [3.05, 3.63) is 47.9 Å². The van der Waals surface area contributed by atoms with Crippen LogP contribution in [0.3, 0.4) is 0 Å². The SMILES string of the molecule is C=C(F)C=c1c(=C)ncn1-c1ncc2nc(-c3ccnc(N)n3)n(C3CCOCC3)c2n1. The van der Waals surface area contributed by atoms with Crippen molar-refractivity contribution in [2.45, 2.75) is 18.9 Å². The molecule has 1 aliphatic heterocycles. The first-order valence-corrected chi connectivity index (χ1v) is 10.0. The van der Waals surface area contributed by atoms with Crippen molar-refractivity contribution in [1.82, 2.24) is 39.0 Å². The fourth-order valence-electron chi connectivity index (χ4n) is 3.82. The number of ether oxygens (including phenoxy) is 1. The Hall–Kier alpha value is -3.99. The maximum absolute atomic E-state index is 13.5. The molecule has 0 unspecified atom stereocenters. The second-order valence-electron chi connectivity index (χ2n) is 7.37. The third-order valence-electron chi connectivity index (χ3n) is 5.27. The quantitative estimate of drug-likeness (QED) is 0.507. The van der Waals surface area contributed by atoms with Gasteiger partial charge in [0.1, 0.15) is 23.4 Å². The number of rotatable bonds is 4. The summed E-state index contributed by atoms with van der Waals surface area (Å²) in [6.07, 6.45) is 7.56. The average molecular weight is 433 g/mol. The van der Waals surface area contributed by atoms with Gasteiger partial charge in [0.2, 0.25) is 11.9 Å². The van der Waals surface area contributed by atoms with Crippen molar-refractivity contribution in [3.8, 4) is 17.5 Å². The predicted octanol–water partition coefficient (Wildman–Crippen LogP) is 1.08. The first kappa shape index (κ1) is 19.9. The zero-order valence-electron chi connectivity index (χ0n) is 17.1. The smallest absolute Gasteiger partial charge is 0.237 e. The van der Waals surface area contributed by atoms with Crippen molar-refractivity contribution in [3.63, 3.8) is 0 Å². The molecule has 5 rings (SSSR count). The largest absolute Gasteiger partial charge is 0.381 e. The maximum Gasteiger partial charge on any atom is 0.237 e. The van der Waals surface area contributed by atoms with Gasteiger partial charge in [-0.05, 0) is 25.0 Å². The van der Waals surface area contributed by atoms with Gasteiger partial charge >= 0.3 is 0 Å². The monoisotopic (exact) mass is 433 g/mol. The van der Waals surface area contributed by atoms with E-state index in [1.165, 1.54) is 12.4 Å². The number of aromatic nitrogens is 8. The number of nitrogens with zero attached hydrogens (tertiary/aromatic N) is 8. The van der Waals surface area contributed by atoms with E-state index in [2.05, 4.69) is 33.1 Å². The van der Waals surface area contributed by atoms with Gasteiger partial charge in [0.05, 0.1) is 16.9 Å². The van der Waals surface area contributed by atoms with E-state index in [0.717, 1.165) is 12.8 Å². The van der Waals surface area contributed by atoms with Gasteiger partial charge in [0.15, 0.2) is 11.5 Å². The molecule has 0 bridgehead atoms. The molecule has 4 aromatic rings. The first-order chi connectivity index (χ1) is 15.5. The van der Waals surface area contributed by atoms with Crippen LogP contribution in [0.15, 0.2) is 37.2 Å². The molecule has 0 radical (unpaired) electrons. The predicted molar refractivity (Wildman–Crippen MR) is 116 cm³/mol. The van der Waals surface area contributed by atoms with Crippen LogP contribution >= 0.6 is 0 Å². The summed E-state index contributed by atoms with van der Waals surface area (Å²) in [6, 6.07) is 1.86. The van der Waals surface area contributed by atoms with Gasteiger partial charge in [-0.15, -0.1) is 0 Å². The van der Waals surface area contributed by atoms with E-state index in [-0.39, 0.29) is 12.0 Å². The highest BCUT2D eigenvalue weighted by molar-refractivity contribution is 5.76. The van der Waals surface area contributed by atoms with Crippen LogP contribution in [0.1, 0.15) is 18.9 Å². The second kappa shape index (κ2) is 7.93. The Labute approximate surface area is 181 Å². The molecule has 1 aliphatic rings. The molecule has 1 fully saturated rings. The highest BCUT2D eigenvalue weighted by Gasteiger charge is 2.25. The number of nitrogens with two attached hydrogens (primary N) is 1. The van der Waals surface area contributed by atoms with Gasteiger partial charge < -0.3 is 15.0 Å². The Kier molecular flexibility index (Phi) is 4.94. The van der Waals surface area contributed by atoms with Crippen LogP contribution in [0, 0.1) is 0 Å². The van der Waals surface area contributed by atoms with Crippen LogP contribution in [0.4, 0.5) is 10.3 Å². The molecule has 4 aromatic heterocycles. The normalized spacial score (nSPS) is 15.5. The fourth-order valence-corrected chi connectivity index (χ4v) is 3.82. The van der Waals surface area contributed by atoms with Crippen molar-refractivity contribution in [2.75, 3.05) is 18.9 Å². The summed E-state index contributed by atoms with van der Waals surface area (Å²) in [7, 11) is 0. The number of allylic oxidation sites excluding steroid dienone is 1. The molecule has 1 saturated heterocycles. The molecule has 0 aliphatic carbocycles. The maximum atomic E-state index is 13.5. The Morgan fingerprint density at radius 3 is 2.75 bits per heavy atom. The minimum Gasteiger partial charge on any atom is -0.381 e. The van der Waals surface area contributed by atoms with E-state index in [1.54, 1.807) is 23.0 Å². The average Bonchev–Trinajstić information content (AvgIpc) is 3.34. The summed E-state index contributed by atoms with van der Waals surface area (Å²) in [4.78, 5) is 26.4. The summed E-state index contributed by atoms with van der Waals surface area (Å²) in [5.74, 6) is 0.482. The molecule has 0 atom stereocenters. The summed E-state index contributed by atoms with van der Waals surface area (Å²) < 4.78 is 22.7. The van der Waals surface area contributed by atoms with Crippen molar-refractivity contribution >= 4 is 29.8 Å². The number of imidazole rings is 2. The van der Waals surface area contributed by atoms with Crippen LogP contribution < -0.4 is 16.4 Å². The number of fused-ring (bicyclic) bond motifs is 1. The number of anilines is 1. The fraction of sp³-hybridized carbons (Fsp3) is 0.238. The minimum atomic E-state index is -0.617. The molecule has 0 saturated carbocycles. The summed E-state index contributed by atoms with van der Waals surface area (Å²) >= 11 is 0. The van der Waals surface area contributed by atoms with Crippen LogP contribution in [0.2, 0.25) is 0 Å². The van der Waals surface area contributed by atoms with Gasteiger partial charge in [-0.2, -0.15) is 4.98 Å². The zero-order chi connectivity index (χ0) is 22.2. The topological polar surface area (TPSA) is 122 Å². The van der Waals surface area contributed by atoms with E-state index in [4.69, 9.17) is 20.4 Å². The lowest BCUT2D eigenvalue weighted by Gasteiger charge is -2.25. The van der Waals surface area contributed by atoms with Crippen LogP contribution in [-0.2, 0) is 4.74 Å². The molecule has 0 spiro atoms. The van der Waals surface area contributed by atoms with Gasteiger partial charge in [0.25, 0.3) is 0 Å². The molecule has 5 heterocycles. The molecule has 0 aromatic carbocycles. The lowest BCUT2D eigenvalue weighted by atomic mass is 10.1. The standard InChI is InChI=1S/C21H20FN9O/c1-12(22)9-17-13(2)26-11-30(17)21-25-10-16-19(29-21)31(14-4-7-32-8-5-14)18(27-16)15-3-6-24-20(23)28-15/h3,6,9-11,14H,1-2,4-5,7-8H2,(H2,23,24,28). The highest BCUT2D eigenvalue weighted by Crippen LogP contribution is 2.31. The van der Waals surface area contributed by atoms with Crippen LogP contribution in [0.5, 0.6) is 0 Å². The van der Waals surface area contributed by atoms with E-state index >= 15 is 0 Å². The van der Waals surface area contributed by atoms with Crippen LogP contribution in [-0.4, -0.2) is 52.3 Å². The van der Waals surface area contributed by atoms with E-state index in [0.29, 0.717) is 52.5 Å². The molecule has 10 nitrogen and oxygen atoms in total. The number of nitrogen functional groups attached to an aromatic ring is 1. The third kappa shape index (κ3) is 3.52. The first-order valence-electron chi connectivity index (χ1n) is 10.0. The number of hydrogen-bond donors (Lipinski definition) is 1. The molecular weight excluding hydrogens is 413 g/mol. The van der Waals surface area contributed by atoms with Gasteiger partial charge in [-0.25, -0.2) is 29.3 Å². The van der Waals surface area contributed by atoms with Gasteiger partial charge in [0, 0.05) is 25.5 Å². The van der Waals surface area contributed by atoms with E-state index in [9.17, 15) is 4.39 Å². The lowest BCUT2D eigenvalue weighted by Crippen LogP contribution is -2.29. The van der Waals surface area contributed by atoms with E-state index < -0.39 is 5.83 Å². The highest BCUT2D eigenvalue weighted by atomic mass is 19.1. The molecule has 0 amide bonds. The van der Waals surface area contributed by atoms with Crippen molar-refractivity contribution in [2.24, 2.45) is 0 Å². The molecule has 11 heteroatoms. The molecular formula is C21H20FN9O. The minimum absolute atomic E-state index is 0.102.